The zero-order valence-corrected chi connectivity index (χ0v) is 17.0. The normalized spacial score (nSPS) is 14.1. The second kappa shape index (κ2) is 9.09. The molecule has 1 aliphatic carbocycles. The van der Waals surface area contributed by atoms with Gasteiger partial charge in [-0.1, -0.05) is 43.2 Å². The van der Waals surface area contributed by atoms with Gasteiger partial charge in [-0.25, -0.2) is 9.37 Å². The number of hydrogen-bond donors (Lipinski definition) is 4. The van der Waals surface area contributed by atoms with Crippen LogP contribution >= 0.6 is 0 Å². The quantitative estimate of drug-likeness (QED) is 0.419. The Morgan fingerprint density at radius 2 is 1.90 bits per heavy atom. The van der Waals surface area contributed by atoms with Crippen LogP contribution in [0.2, 0.25) is 0 Å². The number of nitrogens with zero attached hydrogens (tertiary/aromatic N) is 2. The fraction of sp³-hybridized carbons (Fsp3) is 0.261. The molecule has 0 aliphatic heterocycles. The number of carbonyl (C=O) groups excluding carboxylic acids is 1. The Morgan fingerprint density at radius 3 is 2.58 bits per heavy atom. The van der Waals surface area contributed by atoms with E-state index in [0.29, 0.717) is 18.2 Å². The lowest BCUT2D eigenvalue weighted by molar-refractivity contribution is 0.100. The van der Waals surface area contributed by atoms with Crippen molar-refractivity contribution in [3.63, 3.8) is 0 Å². The average Bonchev–Trinajstić information content (AvgIpc) is 3.60. The standard InChI is InChI=1S/C23H25FN6O/c24-20-10-19(21(26)31)22(30-23(20)28-17(11-25)8-14-6-7-14)29-18-9-16(12-27-13-18)15-4-2-1-3-5-15/h1-5,9-10,12-14,17H,6-8,11,25H2,(H2,26,31)(H2,28,29,30)/t17-/m1/s1. The number of nitrogens with two attached hydrogens (primary N) is 2. The second-order valence-electron chi connectivity index (χ2n) is 7.79. The zero-order valence-electron chi connectivity index (χ0n) is 17.0. The molecule has 160 valence electrons. The molecule has 7 nitrogen and oxygen atoms in total. The Hall–Kier alpha value is -3.52. The number of pyridine rings is 2. The van der Waals surface area contributed by atoms with Crippen LogP contribution in [0.1, 0.15) is 29.6 Å². The molecular weight excluding hydrogens is 395 g/mol. The minimum Gasteiger partial charge on any atom is -0.365 e. The third kappa shape index (κ3) is 5.16. The van der Waals surface area contributed by atoms with Gasteiger partial charge in [0.1, 0.15) is 5.82 Å². The molecule has 1 fully saturated rings. The highest BCUT2D eigenvalue weighted by Crippen LogP contribution is 2.34. The number of amides is 1. The monoisotopic (exact) mass is 420 g/mol. The van der Waals surface area contributed by atoms with Gasteiger partial charge in [0, 0.05) is 24.3 Å². The van der Waals surface area contributed by atoms with E-state index in [1.807, 2.05) is 36.4 Å². The van der Waals surface area contributed by atoms with E-state index >= 15 is 0 Å². The van der Waals surface area contributed by atoms with Crippen LogP contribution in [0, 0.1) is 11.7 Å². The fourth-order valence-corrected chi connectivity index (χ4v) is 3.47. The highest BCUT2D eigenvalue weighted by Gasteiger charge is 2.26. The zero-order chi connectivity index (χ0) is 21.8. The van der Waals surface area contributed by atoms with Crippen LogP contribution < -0.4 is 22.1 Å². The van der Waals surface area contributed by atoms with Gasteiger partial charge in [-0.2, -0.15) is 0 Å². The first kappa shape index (κ1) is 20.7. The molecule has 0 spiro atoms. The van der Waals surface area contributed by atoms with Gasteiger partial charge in [0.2, 0.25) is 0 Å². The molecular formula is C23H25FN6O. The fourth-order valence-electron chi connectivity index (χ4n) is 3.47. The third-order valence-electron chi connectivity index (χ3n) is 5.29. The largest absolute Gasteiger partial charge is 0.365 e. The lowest BCUT2D eigenvalue weighted by atomic mass is 10.1. The number of nitrogens with one attached hydrogen (secondary N) is 2. The molecule has 4 rings (SSSR count). The van der Waals surface area contributed by atoms with E-state index in [9.17, 15) is 9.18 Å². The highest BCUT2D eigenvalue weighted by atomic mass is 19.1. The van der Waals surface area contributed by atoms with Crippen LogP contribution in [0.15, 0.2) is 54.9 Å². The van der Waals surface area contributed by atoms with Crippen molar-refractivity contribution in [1.29, 1.82) is 0 Å². The SMILES string of the molecule is NC[C@@H](CC1CC1)Nc1nc(Nc2cncc(-c3ccccc3)c2)c(C(N)=O)cc1F. The second-order valence-corrected chi connectivity index (χ2v) is 7.79. The van der Waals surface area contributed by atoms with Crippen molar-refractivity contribution in [2.45, 2.75) is 25.3 Å². The summed E-state index contributed by atoms with van der Waals surface area (Å²) in [7, 11) is 0. The van der Waals surface area contributed by atoms with E-state index in [1.54, 1.807) is 12.4 Å². The Labute approximate surface area is 180 Å². The number of hydrogen-bond acceptors (Lipinski definition) is 6. The van der Waals surface area contributed by atoms with Crippen molar-refractivity contribution >= 4 is 23.2 Å². The van der Waals surface area contributed by atoms with Gasteiger partial charge >= 0.3 is 0 Å². The van der Waals surface area contributed by atoms with Crippen molar-refractivity contribution in [3.8, 4) is 11.1 Å². The van der Waals surface area contributed by atoms with E-state index in [-0.39, 0.29) is 23.2 Å². The van der Waals surface area contributed by atoms with Gasteiger partial charge in [-0.05, 0) is 30.0 Å². The molecule has 31 heavy (non-hydrogen) atoms. The number of anilines is 3. The molecule has 1 aliphatic rings. The maximum Gasteiger partial charge on any atom is 0.252 e. The van der Waals surface area contributed by atoms with Crippen molar-refractivity contribution in [2.24, 2.45) is 17.4 Å². The Bertz CT molecular complexity index is 1070. The number of primary amides is 1. The first-order chi connectivity index (χ1) is 15.0. The lowest BCUT2D eigenvalue weighted by Gasteiger charge is -2.19. The predicted molar refractivity (Wildman–Crippen MR) is 119 cm³/mol. The van der Waals surface area contributed by atoms with Crippen LogP contribution in [0.4, 0.5) is 21.7 Å². The predicted octanol–water partition coefficient (Wildman–Crippen LogP) is 3.66. The molecule has 1 amide bonds. The summed E-state index contributed by atoms with van der Waals surface area (Å²) in [5, 5.41) is 6.14. The smallest absolute Gasteiger partial charge is 0.252 e. The summed E-state index contributed by atoms with van der Waals surface area (Å²) in [4.78, 5) is 20.5. The van der Waals surface area contributed by atoms with Gasteiger partial charge in [-0.3, -0.25) is 9.78 Å². The van der Waals surface area contributed by atoms with E-state index in [0.717, 1.165) is 23.6 Å². The lowest BCUT2D eigenvalue weighted by Crippen LogP contribution is -2.30. The summed E-state index contributed by atoms with van der Waals surface area (Å²) < 4.78 is 14.7. The molecule has 2 heterocycles. The van der Waals surface area contributed by atoms with Crippen molar-refractivity contribution < 1.29 is 9.18 Å². The summed E-state index contributed by atoms with van der Waals surface area (Å²) >= 11 is 0. The molecule has 1 atom stereocenters. The van der Waals surface area contributed by atoms with E-state index in [2.05, 4.69) is 20.6 Å². The van der Waals surface area contributed by atoms with Gasteiger partial charge < -0.3 is 22.1 Å². The summed E-state index contributed by atoms with van der Waals surface area (Å²) in [5.41, 5.74) is 13.8. The summed E-state index contributed by atoms with van der Waals surface area (Å²) in [6, 6.07) is 12.6. The molecule has 0 bridgehead atoms. The molecule has 0 saturated heterocycles. The average molecular weight is 420 g/mol. The maximum atomic E-state index is 14.7. The topological polar surface area (TPSA) is 119 Å². The Balaban J connectivity index is 1.62. The molecule has 1 aromatic carbocycles. The summed E-state index contributed by atoms with van der Waals surface area (Å²) in [5.74, 6) is -0.606. The molecule has 0 unspecified atom stereocenters. The molecule has 2 aromatic heterocycles. The van der Waals surface area contributed by atoms with E-state index < -0.39 is 11.7 Å². The van der Waals surface area contributed by atoms with Crippen molar-refractivity contribution in [2.75, 3.05) is 17.2 Å². The summed E-state index contributed by atoms with van der Waals surface area (Å²) in [6.45, 7) is 0.362. The number of halogens is 1. The van der Waals surface area contributed by atoms with Crippen molar-refractivity contribution in [1.82, 2.24) is 9.97 Å². The Morgan fingerprint density at radius 1 is 1.13 bits per heavy atom. The van der Waals surface area contributed by atoms with Gasteiger partial charge in [0.15, 0.2) is 11.6 Å². The molecule has 1 saturated carbocycles. The minimum atomic E-state index is -0.777. The molecule has 6 N–H and O–H groups in total. The van der Waals surface area contributed by atoms with Crippen LogP contribution in [0.25, 0.3) is 11.1 Å². The van der Waals surface area contributed by atoms with Gasteiger partial charge in [-0.15, -0.1) is 0 Å². The van der Waals surface area contributed by atoms with Crippen molar-refractivity contribution in [3.05, 3.63) is 66.2 Å². The summed E-state index contributed by atoms with van der Waals surface area (Å²) in [6.07, 6.45) is 6.55. The molecule has 3 aromatic rings. The van der Waals surface area contributed by atoms with Crippen LogP contribution in [-0.4, -0.2) is 28.5 Å². The minimum absolute atomic E-state index is 0.0378. The van der Waals surface area contributed by atoms with Crippen LogP contribution in [-0.2, 0) is 0 Å². The number of benzene rings is 1. The molecule has 0 radical (unpaired) electrons. The maximum absolute atomic E-state index is 14.7. The Kier molecular flexibility index (Phi) is 6.08. The molecule has 8 heteroatoms. The van der Waals surface area contributed by atoms with Gasteiger partial charge in [0.25, 0.3) is 5.91 Å². The first-order valence-electron chi connectivity index (χ1n) is 10.3. The number of aromatic nitrogens is 2. The number of rotatable bonds is 9. The van der Waals surface area contributed by atoms with Crippen LogP contribution in [0.3, 0.4) is 0 Å². The van der Waals surface area contributed by atoms with Crippen LogP contribution in [0.5, 0.6) is 0 Å². The number of carbonyl (C=O) groups is 1. The third-order valence-corrected chi connectivity index (χ3v) is 5.29. The van der Waals surface area contributed by atoms with E-state index in [1.165, 1.54) is 12.8 Å². The highest BCUT2D eigenvalue weighted by molar-refractivity contribution is 5.98. The van der Waals surface area contributed by atoms with E-state index in [4.69, 9.17) is 11.5 Å². The van der Waals surface area contributed by atoms with Gasteiger partial charge in [0.05, 0.1) is 17.4 Å². The first-order valence-corrected chi connectivity index (χ1v) is 10.3.